The predicted octanol–water partition coefficient (Wildman–Crippen LogP) is 8.25. The number of aryl methyl sites for hydroxylation is 1. The van der Waals surface area contributed by atoms with Gasteiger partial charge in [-0.25, -0.2) is 14.5 Å². The van der Waals surface area contributed by atoms with E-state index in [9.17, 15) is 38.7 Å². The number of amides is 5. The van der Waals surface area contributed by atoms with Gasteiger partial charge in [-0.1, -0.05) is 63.4 Å². The highest BCUT2D eigenvalue weighted by molar-refractivity contribution is 6.07. The Kier molecular flexibility index (Phi) is 17.3. The van der Waals surface area contributed by atoms with Gasteiger partial charge in [0.2, 0.25) is 5.91 Å². The minimum atomic E-state index is -1.40. The van der Waals surface area contributed by atoms with E-state index in [1.54, 1.807) is 60.4 Å². The summed E-state index contributed by atoms with van der Waals surface area (Å²) in [5, 5.41) is 14.8. The number of Topliss-reactive ketones (excluding diaryl/α,β-unsaturated/α-hetero) is 1. The molecule has 4 fully saturated rings. The molecule has 0 radical (unpaired) electrons. The SMILES string of the molecule is C=CCOC(=O)C[C@H](C(=O)N[C@@H](C)C(=O)Cc1ccc(COC(=O)N2c3cc(OCCCCCOc4cc5c(cc4OC)C(=O)N4CC6(CC6)C[C@H]4CN5C(=O)OCC=C)c(C)cc3C(=O)N3CC4(CC4)C[C@H]3[C@@H]2O)cc1)C(C)C. The number of nitrogens with zero attached hydrogens (tertiary/aromatic N) is 4. The summed E-state index contributed by atoms with van der Waals surface area (Å²) in [5.74, 6) is -1.23. The first-order valence-corrected chi connectivity index (χ1v) is 28.0. The number of carbonyl (C=O) groups is 7. The summed E-state index contributed by atoms with van der Waals surface area (Å²) in [6.45, 7) is 16.3. The minimum Gasteiger partial charge on any atom is -0.493 e. The second kappa shape index (κ2) is 24.1. The molecule has 2 spiro atoms. The third-order valence-corrected chi connectivity index (χ3v) is 16.7. The van der Waals surface area contributed by atoms with Crippen LogP contribution in [0.3, 0.4) is 0 Å². The first-order valence-electron chi connectivity index (χ1n) is 28.0. The molecule has 0 aromatic heterocycles. The normalized spacial score (nSPS) is 20.6. The predicted molar refractivity (Wildman–Crippen MR) is 296 cm³/mol. The molecule has 4 aliphatic heterocycles. The Bertz CT molecular complexity index is 2900. The summed E-state index contributed by atoms with van der Waals surface area (Å²) in [4.78, 5) is 101. The highest BCUT2D eigenvalue weighted by Gasteiger charge is 2.58. The van der Waals surface area contributed by atoms with Crippen LogP contribution in [0.25, 0.3) is 0 Å². The molecule has 2 aliphatic carbocycles. The number of unbranched alkanes of at least 4 members (excludes halogenated alkanes) is 2. The Morgan fingerprint density at radius 2 is 1.36 bits per heavy atom. The van der Waals surface area contributed by atoms with Gasteiger partial charge in [-0.05, 0) is 117 Å². The summed E-state index contributed by atoms with van der Waals surface area (Å²) >= 11 is 0. The van der Waals surface area contributed by atoms with Crippen molar-refractivity contribution < 1.29 is 67.1 Å². The maximum Gasteiger partial charge on any atom is 0.416 e. The quantitative estimate of drug-likeness (QED) is 0.0395. The minimum absolute atomic E-state index is 0.0194. The molecule has 2 saturated carbocycles. The maximum atomic E-state index is 14.3. The maximum absolute atomic E-state index is 14.3. The largest absolute Gasteiger partial charge is 0.493 e. The third-order valence-electron chi connectivity index (χ3n) is 16.7. The lowest BCUT2D eigenvalue weighted by Gasteiger charge is -2.31. The van der Waals surface area contributed by atoms with Crippen molar-refractivity contribution in [1.29, 1.82) is 0 Å². The van der Waals surface area contributed by atoms with Gasteiger partial charge < -0.3 is 48.6 Å². The zero-order chi connectivity index (χ0) is 57.0. The summed E-state index contributed by atoms with van der Waals surface area (Å²) in [6, 6.07) is 12.0. The number of carbonyl (C=O) groups excluding carboxylic acids is 7. The van der Waals surface area contributed by atoms with Gasteiger partial charge in [0, 0.05) is 38.2 Å². The Labute approximate surface area is 467 Å². The number of esters is 1. The third kappa shape index (κ3) is 12.5. The molecule has 0 unspecified atom stereocenters. The van der Waals surface area contributed by atoms with E-state index in [-0.39, 0.29) is 84.3 Å². The first-order chi connectivity index (χ1) is 38.4. The van der Waals surface area contributed by atoms with Crippen LogP contribution < -0.4 is 29.3 Å². The van der Waals surface area contributed by atoms with Crippen molar-refractivity contribution in [3.63, 3.8) is 0 Å². The molecule has 5 amide bonds. The smallest absolute Gasteiger partial charge is 0.416 e. The van der Waals surface area contributed by atoms with Crippen LogP contribution in [0, 0.1) is 29.6 Å². The molecule has 5 atom stereocenters. The number of hydrogen-bond acceptors (Lipinski definition) is 14. The summed E-state index contributed by atoms with van der Waals surface area (Å²) in [6.07, 6.45) is 7.42. The van der Waals surface area contributed by atoms with Crippen molar-refractivity contribution >= 4 is 53.0 Å². The van der Waals surface area contributed by atoms with Gasteiger partial charge >= 0.3 is 18.2 Å². The summed E-state index contributed by atoms with van der Waals surface area (Å²) in [5.41, 5.74) is 3.23. The van der Waals surface area contributed by atoms with Gasteiger partial charge in [-0.2, -0.15) is 0 Å². The molecule has 80 heavy (non-hydrogen) atoms. The lowest BCUT2D eigenvalue weighted by Crippen LogP contribution is -2.50. The molecule has 2 saturated heterocycles. The Morgan fingerprint density at radius 3 is 2.02 bits per heavy atom. The second-order valence-electron chi connectivity index (χ2n) is 22.9. The number of fused-ring (bicyclic) bond motifs is 4. The lowest BCUT2D eigenvalue weighted by molar-refractivity contribution is -0.146. The number of anilines is 2. The van der Waals surface area contributed by atoms with E-state index in [1.807, 2.05) is 25.7 Å². The number of hydrogen-bond donors (Lipinski definition) is 2. The molecule has 4 heterocycles. The van der Waals surface area contributed by atoms with Crippen molar-refractivity contribution in [2.75, 3.05) is 63.0 Å². The molecule has 2 N–H and O–H groups in total. The average Bonchev–Trinajstić information content (AvgIpc) is 4.46. The van der Waals surface area contributed by atoms with Crippen LogP contribution in [0.2, 0.25) is 0 Å². The van der Waals surface area contributed by atoms with E-state index in [2.05, 4.69) is 18.5 Å². The van der Waals surface area contributed by atoms with Crippen molar-refractivity contribution in [3.05, 3.63) is 102 Å². The zero-order valence-corrected chi connectivity index (χ0v) is 46.6. The fraction of sp³-hybridized carbons (Fsp3) is 0.525. The number of methoxy groups -OCH3 is 1. The van der Waals surface area contributed by atoms with Gasteiger partial charge in [0.05, 0.1) is 73.3 Å². The van der Waals surface area contributed by atoms with Gasteiger partial charge in [0.1, 0.15) is 25.6 Å². The van der Waals surface area contributed by atoms with E-state index in [0.29, 0.717) is 104 Å². The summed E-state index contributed by atoms with van der Waals surface area (Å²) in [7, 11) is 1.51. The van der Waals surface area contributed by atoms with Crippen LogP contribution in [0.15, 0.2) is 73.8 Å². The van der Waals surface area contributed by atoms with Gasteiger partial charge in [0.25, 0.3) is 11.8 Å². The van der Waals surface area contributed by atoms with Crippen LogP contribution >= 0.6 is 0 Å². The molecule has 0 bridgehead atoms. The molecule has 19 nitrogen and oxygen atoms in total. The van der Waals surface area contributed by atoms with Crippen LogP contribution in [0.1, 0.15) is 122 Å². The number of ketones is 1. The Morgan fingerprint density at radius 1 is 0.750 bits per heavy atom. The number of aliphatic hydroxyl groups is 1. The molecular formula is C61H75N5O14. The standard InChI is InChI=1S/C61H75N5O14/c1-8-21-78-53(68)28-43(37(3)4)54(69)62-39(6)49(67)26-40-13-15-41(16-14-40)34-80-59(74)66-47-30-50(38(5)25-44(47)56(71)65-36-61(19-20-61)32-48(65)57(66)72)76-23-11-10-12-24-77-52-29-46-45(27-51(52)75-7)55(70)64-35-60(17-18-60)31-42(64)33-63(46)58(73)79-22-9-2/h8-9,13-16,25,27,29-30,37,39,42-43,48,57,72H,1-2,10-12,17-24,26,28,31-36H2,3-7H3,(H,62,69)/t39-,42-,43-,48-,57-/m0/s1. The molecule has 6 aliphatic rings. The fourth-order valence-electron chi connectivity index (χ4n) is 11.7. The Hall–Kier alpha value is -7.41. The monoisotopic (exact) mass is 1100 g/mol. The van der Waals surface area contributed by atoms with Gasteiger partial charge in [-0.3, -0.25) is 28.9 Å². The second-order valence-corrected chi connectivity index (χ2v) is 22.9. The van der Waals surface area contributed by atoms with Crippen LogP contribution in [-0.2, 0) is 41.6 Å². The number of rotatable bonds is 23. The average molecular weight is 1100 g/mol. The van der Waals surface area contributed by atoms with Crippen LogP contribution in [0.4, 0.5) is 21.0 Å². The van der Waals surface area contributed by atoms with Crippen molar-refractivity contribution in [3.8, 4) is 17.2 Å². The van der Waals surface area contributed by atoms with Gasteiger partial charge in [-0.15, -0.1) is 0 Å². The first kappa shape index (κ1) is 57.3. The Balaban J connectivity index is 0.811. The van der Waals surface area contributed by atoms with Crippen LogP contribution in [-0.4, -0.2) is 134 Å². The zero-order valence-electron chi connectivity index (χ0n) is 46.6. The molecule has 19 heteroatoms. The lowest BCUT2D eigenvalue weighted by atomic mass is 9.91. The van der Waals surface area contributed by atoms with E-state index in [1.165, 1.54) is 29.1 Å². The van der Waals surface area contributed by atoms with E-state index >= 15 is 0 Å². The number of benzene rings is 3. The fourth-order valence-corrected chi connectivity index (χ4v) is 11.7. The van der Waals surface area contributed by atoms with Crippen LogP contribution in [0.5, 0.6) is 17.2 Å². The molecule has 428 valence electrons. The number of aliphatic hydroxyl groups excluding tert-OH is 1. The highest BCUT2D eigenvalue weighted by Crippen LogP contribution is 2.58. The van der Waals surface area contributed by atoms with Crippen molar-refractivity contribution in [2.24, 2.45) is 22.7 Å². The molecular weight excluding hydrogens is 1030 g/mol. The molecule has 3 aromatic carbocycles. The number of ether oxygens (including phenoxy) is 6. The van der Waals surface area contributed by atoms with E-state index in [0.717, 1.165) is 32.1 Å². The van der Waals surface area contributed by atoms with Crippen molar-refractivity contribution in [2.45, 2.75) is 129 Å². The molecule has 3 aromatic rings. The van der Waals surface area contributed by atoms with Gasteiger partial charge in [0.15, 0.2) is 23.5 Å². The van der Waals surface area contributed by atoms with E-state index in [4.69, 9.17) is 28.4 Å². The van der Waals surface area contributed by atoms with E-state index < -0.39 is 48.3 Å². The summed E-state index contributed by atoms with van der Waals surface area (Å²) < 4.78 is 34.7. The highest BCUT2D eigenvalue weighted by atomic mass is 16.6. The number of nitrogens with one attached hydrogen (secondary N) is 1. The van der Waals surface area contributed by atoms with Crippen molar-refractivity contribution in [1.82, 2.24) is 15.1 Å². The molecule has 9 rings (SSSR count). The topological polar surface area (TPSA) is 220 Å².